The van der Waals surface area contributed by atoms with Crippen LogP contribution in [0.1, 0.15) is 46.2 Å². The smallest absolute Gasteiger partial charge is 0.268 e. The highest BCUT2D eigenvalue weighted by atomic mass is 16.5. The highest BCUT2D eigenvalue weighted by Gasteiger charge is 2.26. The van der Waals surface area contributed by atoms with Crippen LogP contribution in [0, 0.1) is 0 Å². The van der Waals surface area contributed by atoms with E-state index >= 15 is 0 Å². The summed E-state index contributed by atoms with van der Waals surface area (Å²) in [5.41, 5.74) is 1.45. The fourth-order valence-electron chi connectivity index (χ4n) is 4.63. The number of para-hydroxylation sites is 1. The molecule has 2 N–H and O–H groups in total. The molecule has 40 heavy (non-hydrogen) atoms. The number of carbonyl (C=O) groups is 2. The number of rotatable bonds is 7. The van der Waals surface area contributed by atoms with E-state index in [9.17, 15) is 19.5 Å². The monoisotopic (exact) mass is 534 g/mol. The zero-order chi connectivity index (χ0) is 28.2. The minimum absolute atomic E-state index is 0.0900. The van der Waals surface area contributed by atoms with Gasteiger partial charge in [0, 0.05) is 41.0 Å². The Hall–Kier alpha value is -5.31. The van der Waals surface area contributed by atoms with Gasteiger partial charge in [0.15, 0.2) is 5.78 Å². The lowest BCUT2D eigenvalue weighted by atomic mass is 9.92. The van der Waals surface area contributed by atoms with Crippen molar-refractivity contribution >= 4 is 29.3 Å². The maximum Gasteiger partial charge on any atom is 0.268 e. The number of ether oxygens (including phenoxy) is 1. The van der Waals surface area contributed by atoms with Crippen LogP contribution in [0.5, 0.6) is 11.5 Å². The predicted molar refractivity (Wildman–Crippen MR) is 152 cm³/mol. The Morgan fingerprint density at radius 3 is 2.67 bits per heavy atom. The second kappa shape index (κ2) is 11.2. The molecular weight excluding hydrogens is 508 g/mol. The Morgan fingerprint density at radius 2 is 1.90 bits per heavy atom. The van der Waals surface area contributed by atoms with Crippen molar-refractivity contribution in [1.29, 1.82) is 0 Å². The highest BCUT2D eigenvalue weighted by molar-refractivity contribution is 6.02. The quantitative estimate of drug-likeness (QED) is 0.198. The topological polar surface area (TPSA) is 123 Å². The van der Waals surface area contributed by atoms with E-state index in [2.05, 4.69) is 22.0 Å². The number of benzene rings is 2. The number of Topliss-reactive ketones (excluding diaryl/α,β-unsaturated/α-hetero) is 1. The van der Waals surface area contributed by atoms with E-state index in [1.165, 1.54) is 22.8 Å². The van der Waals surface area contributed by atoms with Crippen LogP contribution in [0.2, 0.25) is 0 Å². The van der Waals surface area contributed by atoms with E-state index in [0.29, 0.717) is 58.6 Å². The predicted octanol–water partition coefficient (Wildman–Crippen LogP) is 4.86. The zero-order valence-electron chi connectivity index (χ0n) is 21.8. The number of ketones is 1. The highest BCUT2D eigenvalue weighted by Crippen LogP contribution is 2.28. The van der Waals surface area contributed by atoms with Gasteiger partial charge in [0.1, 0.15) is 28.6 Å². The van der Waals surface area contributed by atoms with Crippen LogP contribution in [-0.4, -0.2) is 33.1 Å². The maximum atomic E-state index is 13.5. The molecule has 0 aliphatic heterocycles. The Kier molecular flexibility index (Phi) is 7.37. The minimum Gasteiger partial charge on any atom is -0.508 e. The number of fused-ring (bicyclic) bond motifs is 2. The van der Waals surface area contributed by atoms with Crippen LogP contribution in [0.3, 0.4) is 0 Å². The third-order valence-corrected chi connectivity index (χ3v) is 6.52. The molecule has 0 saturated carbocycles. The van der Waals surface area contributed by atoms with E-state index < -0.39 is 11.5 Å². The maximum absolute atomic E-state index is 13.5. The van der Waals surface area contributed by atoms with E-state index in [0.717, 1.165) is 0 Å². The minimum atomic E-state index is -0.707. The van der Waals surface area contributed by atoms with Crippen molar-refractivity contribution in [2.45, 2.75) is 26.2 Å². The molecule has 1 aliphatic rings. The lowest BCUT2D eigenvalue weighted by Crippen LogP contribution is -2.35. The Balaban J connectivity index is 1.43. The second-order valence-corrected chi connectivity index (χ2v) is 9.23. The number of allylic oxidation sites excluding steroid dienone is 3. The molecule has 0 unspecified atom stereocenters. The number of carbonyl (C=O) groups excluding carboxylic acids is 2. The molecule has 0 spiro atoms. The number of pyridine rings is 2. The summed E-state index contributed by atoms with van der Waals surface area (Å²) >= 11 is 0. The molecule has 9 nitrogen and oxygen atoms in total. The van der Waals surface area contributed by atoms with Gasteiger partial charge in [-0.15, -0.1) is 0 Å². The van der Waals surface area contributed by atoms with Gasteiger partial charge >= 0.3 is 0 Å². The van der Waals surface area contributed by atoms with Crippen molar-refractivity contribution in [2.75, 3.05) is 0 Å². The number of aliphatic imine (C=N–C) groups is 1. The van der Waals surface area contributed by atoms with Gasteiger partial charge in [0.25, 0.3) is 11.5 Å². The first kappa shape index (κ1) is 26.3. The van der Waals surface area contributed by atoms with Gasteiger partial charge in [-0.3, -0.25) is 23.9 Å². The molecule has 1 amide bonds. The van der Waals surface area contributed by atoms with Gasteiger partial charge in [-0.2, -0.15) is 0 Å². The number of nitrogens with zero attached hydrogens (tertiary/aromatic N) is 3. The standard InChI is InChI=1S/C31H26N4O5/c1-19(40-28-15-16-33-25-17-21(36)12-13-22(25)28)11-14-29(32-2)34-30(38)24-18-23-26(9-6-10-27(23)37)35(31(24)39)20-7-4-3-5-8-20/h3-5,7-8,11-18,36H,2,6,9-10H2,1H3,(H,34,38)/b19-11+,29-14+. The van der Waals surface area contributed by atoms with Crippen molar-refractivity contribution in [3.63, 3.8) is 0 Å². The summed E-state index contributed by atoms with van der Waals surface area (Å²) in [6.45, 7) is 5.24. The van der Waals surface area contributed by atoms with E-state index in [4.69, 9.17) is 4.74 Å². The Labute approximate surface area is 229 Å². The summed E-state index contributed by atoms with van der Waals surface area (Å²) in [6.07, 6.45) is 6.22. The molecule has 0 atom stereocenters. The average Bonchev–Trinajstić information content (AvgIpc) is 2.95. The van der Waals surface area contributed by atoms with Gasteiger partial charge in [-0.05, 0) is 75.0 Å². The molecule has 0 saturated heterocycles. The average molecular weight is 535 g/mol. The lowest BCUT2D eigenvalue weighted by molar-refractivity contribution is 0.0963. The van der Waals surface area contributed by atoms with Crippen LogP contribution in [0.15, 0.2) is 100 Å². The molecule has 0 fully saturated rings. The first-order chi connectivity index (χ1) is 19.4. The van der Waals surface area contributed by atoms with Crippen molar-refractivity contribution in [1.82, 2.24) is 14.9 Å². The molecule has 0 bridgehead atoms. The summed E-state index contributed by atoms with van der Waals surface area (Å²) in [7, 11) is 0. The fourth-order valence-corrected chi connectivity index (χ4v) is 4.63. The van der Waals surface area contributed by atoms with E-state index in [-0.39, 0.29) is 22.9 Å². The molecule has 9 heteroatoms. The van der Waals surface area contributed by atoms with Gasteiger partial charge in [-0.25, -0.2) is 4.99 Å². The van der Waals surface area contributed by atoms with Crippen LogP contribution in [0.25, 0.3) is 16.6 Å². The normalized spacial score (nSPS) is 13.6. The number of amides is 1. The summed E-state index contributed by atoms with van der Waals surface area (Å²) in [4.78, 5) is 47.6. The first-order valence-electron chi connectivity index (χ1n) is 12.7. The summed E-state index contributed by atoms with van der Waals surface area (Å²) in [5, 5.41) is 13.0. The van der Waals surface area contributed by atoms with Crippen LogP contribution >= 0.6 is 0 Å². The largest absolute Gasteiger partial charge is 0.508 e. The van der Waals surface area contributed by atoms with Crippen molar-refractivity contribution in [2.24, 2.45) is 4.99 Å². The number of aromatic hydroxyl groups is 1. The lowest BCUT2D eigenvalue weighted by Gasteiger charge is -2.21. The van der Waals surface area contributed by atoms with Crippen molar-refractivity contribution in [3.8, 4) is 17.2 Å². The second-order valence-electron chi connectivity index (χ2n) is 9.23. The van der Waals surface area contributed by atoms with Crippen LogP contribution < -0.4 is 15.6 Å². The van der Waals surface area contributed by atoms with Crippen molar-refractivity contribution < 1.29 is 19.4 Å². The van der Waals surface area contributed by atoms with Gasteiger partial charge in [0.05, 0.1) is 5.52 Å². The number of phenolic OH excluding ortho intramolecular Hbond substituents is 1. The number of hydrogen-bond donors (Lipinski definition) is 2. The Morgan fingerprint density at radius 1 is 1.10 bits per heavy atom. The number of phenols is 1. The summed E-state index contributed by atoms with van der Waals surface area (Å²) in [5.74, 6) is 0.385. The molecule has 4 aromatic rings. The summed E-state index contributed by atoms with van der Waals surface area (Å²) in [6, 6.07) is 16.8. The van der Waals surface area contributed by atoms with Crippen molar-refractivity contribution in [3.05, 3.63) is 118 Å². The number of hydrogen-bond acceptors (Lipinski definition) is 7. The first-order valence-corrected chi connectivity index (χ1v) is 12.7. The molecule has 2 aromatic heterocycles. The molecule has 200 valence electrons. The molecule has 2 heterocycles. The third kappa shape index (κ3) is 5.30. The molecule has 2 aromatic carbocycles. The molecular formula is C31H26N4O5. The van der Waals surface area contributed by atoms with Gasteiger partial charge in [0.2, 0.25) is 0 Å². The van der Waals surface area contributed by atoms with Gasteiger partial charge < -0.3 is 15.2 Å². The van der Waals surface area contributed by atoms with Crippen LogP contribution in [0.4, 0.5) is 0 Å². The van der Waals surface area contributed by atoms with E-state index in [1.54, 1.807) is 61.7 Å². The number of aromatic nitrogens is 2. The fraction of sp³-hybridized carbons (Fsp3) is 0.129. The SMILES string of the molecule is C=N/C(=C\C=C(/C)Oc1ccnc2cc(O)ccc12)NC(=O)c1cc2c(n(-c3ccccc3)c1=O)CCCC2=O. The molecule has 0 radical (unpaired) electrons. The Bertz CT molecular complexity index is 1770. The molecule has 5 rings (SSSR count). The van der Waals surface area contributed by atoms with Gasteiger partial charge in [-0.1, -0.05) is 18.2 Å². The molecule has 1 aliphatic carbocycles. The van der Waals surface area contributed by atoms with Crippen LogP contribution in [-0.2, 0) is 6.42 Å². The summed E-state index contributed by atoms with van der Waals surface area (Å²) < 4.78 is 7.39. The zero-order valence-corrected chi connectivity index (χ0v) is 21.8. The number of nitrogens with one attached hydrogen (secondary N) is 1. The van der Waals surface area contributed by atoms with E-state index in [1.807, 2.05) is 6.07 Å². The third-order valence-electron chi connectivity index (χ3n) is 6.52.